The highest BCUT2D eigenvalue weighted by atomic mass is 16.1. The topological polar surface area (TPSA) is 40.9 Å². The summed E-state index contributed by atoms with van der Waals surface area (Å²) < 4.78 is 0. The first-order valence-electron chi connectivity index (χ1n) is 4.30. The van der Waals surface area contributed by atoms with E-state index in [1.807, 2.05) is 0 Å². The second-order valence-electron chi connectivity index (χ2n) is 3.26. The summed E-state index contributed by atoms with van der Waals surface area (Å²) in [5, 5.41) is 8.51. The van der Waals surface area contributed by atoms with Crippen LogP contribution in [0, 0.1) is 23.2 Å². The van der Waals surface area contributed by atoms with Crippen molar-refractivity contribution in [2.45, 2.75) is 25.7 Å². The minimum atomic E-state index is 0.0853. The zero-order chi connectivity index (χ0) is 8.97. The highest BCUT2D eigenvalue weighted by molar-refractivity contribution is 5.83. The van der Waals surface area contributed by atoms with Crippen molar-refractivity contribution in [1.82, 2.24) is 0 Å². The number of hydrogen-bond donors (Lipinski definition) is 0. The average molecular weight is 163 g/mol. The molecule has 1 aliphatic rings. The second-order valence-corrected chi connectivity index (χ2v) is 3.26. The Balaban J connectivity index is 2.58. The number of carbonyl (C=O) groups excluding carboxylic acids is 1. The molecule has 0 N–H and O–H groups in total. The highest BCUT2D eigenvalue weighted by Crippen LogP contribution is 2.33. The first-order valence-corrected chi connectivity index (χ1v) is 4.30. The highest BCUT2D eigenvalue weighted by Gasteiger charge is 2.32. The Morgan fingerprint density at radius 1 is 1.75 bits per heavy atom. The summed E-state index contributed by atoms with van der Waals surface area (Å²) in [7, 11) is 0. The summed E-state index contributed by atoms with van der Waals surface area (Å²) in [6.07, 6.45) is 4.59. The largest absolute Gasteiger partial charge is 0.299 e. The van der Waals surface area contributed by atoms with Crippen molar-refractivity contribution in [3.63, 3.8) is 0 Å². The lowest BCUT2D eigenvalue weighted by Crippen LogP contribution is -2.13. The molecule has 2 atom stereocenters. The molecule has 12 heavy (non-hydrogen) atoms. The molecule has 2 nitrogen and oxygen atoms in total. The van der Waals surface area contributed by atoms with E-state index in [1.165, 1.54) is 0 Å². The van der Waals surface area contributed by atoms with Crippen molar-refractivity contribution in [3.05, 3.63) is 12.7 Å². The third-order valence-corrected chi connectivity index (χ3v) is 2.52. The molecule has 2 heteroatoms. The molecular weight excluding hydrogens is 150 g/mol. The van der Waals surface area contributed by atoms with Crippen LogP contribution in [0.1, 0.15) is 25.7 Å². The van der Waals surface area contributed by atoms with E-state index in [1.54, 1.807) is 6.08 Å². The van der Waals surface area contributed by atoms with Gasteiger partial charge < -0.3 is 0 Å². The number of rotatable bonds is 3. The lowest BCUT2D eigenvalue weighted by Gasteiger charge is -2.12. The Bertz CT molecular complexity index is 226. The number of ketones is 1. The molecule has 0 saturated heterocycles. The van der Waals surface area contributed by atoms with Gasteiger partial charge in [0.05, 0.1) is 6.07 Å². The van der Waals surface area contributed by atoms with Crippen LogP contribution < -0.4 is 0 Å². The summed E-state index contributed by atoms with van der Waals surface area (Å²) in [4.78, 5) is 11.3. The third kappa shape index (κ3) is 1.73. The number of carbonyl (C=O) groups is 1. The van der Waals surface area contributed by atoms with E-state index in [2.05, 4.69) is 12.6 Å². The van der Waals surface area contributed by atoms with Crippen molar-refractivity contribution in [1.29, 1.82) is 5.26 Å². The van der Waals surface area contributed by atoms with E-state index in [-0.39, 0.29) is 5.92 Å². The smallest absolute Gasteiger partial charge is 0.136 e. The quantitative estimate of drug-likeness (QED) is 0.597. The molecule has 0 heterocycles. The van der Waals surface area contributed by atoms with Gasteiger partial charge in [-0.25, -0.2) is 0 Å². The van der Waals surface area contributed by atoms with Crippen LogP contribution in [0.3, 0.4) is 0 Å². The molecule has 0 aliphatic heterocycles. The molecule has 0 aromatic rings. The standard InChI is InChI=1S/C10H13NO/c1-2-3-9-8(6-7-11)4-5-10(9)12/h2,8-9H,1,3-6H2. The molecule has 1 rings (SSSR count). The zero-order valence-corrected chi connectivity index (χ0v) is 7.12. The molecule has 0 bridgehead atoms. The van der Waals surface area contributed by atoms with Crippen molar-refractivity contribution in [2.24, 2.45) is 11.8 Å². The van der Waals surface area contributed by atoms with Crippen LogP contribution in [0.5, 0.6) is 0 Å². The maximum Gasteiger partial charge on any atom is 0.136 e. The maximum atomic E-state index is 11.3. The Labute approximate surface area is 72.9 Å². The molecule has 0 amide bonds. The van der Waals surface area contributed by atoms with Crippen LogP contribution >= 0.6 is 0 Å². The van der Waals surface area contributed by atoms with E-state index in [9.17, 15) is 4.79 Å². The summed E-state index contributed by atoms with van der Waals surface area (Å²) in [5.74, 6) is 0.692. The molecule has 0 spiro atoms. The van der Waals surface area contributed by atoms with Gasteiger partial charge in [-0.2, -0.15) is 5.26 Å². The van der Waals surface area contributed by atoms with Crippen molar-refractivity contribution in [3.8, 4) is 6.07 Å². The maximum absolute atomic E-state index is 11.3. The van der Waals surface area contributed by atoms with Crippen LogP contribution in [-0.4, -0.2) is 5.78 Å². The number of hydrogen-bond acceptors (Lipinski definition) is 2. The monoisotopic (exact) mass is 163 g/mol. The van der Waals surface area contributed by atoms with E-state index >= 15 is 0 Å². The van der Waals surface area contributed by atoms with Crippen molar-refractivity contribution < 1.29 is 4.79 Å². The van der Waals surface area contributed by atoms with Gasteiger partial charge in [-0.1, -0.05) is 6.08 Å². The minimum Gasteiger partial charge on any atom is -0.299 e. The lowest BCUT2D eigenvalue weighted by atomic mass is 9.90. The van der Waals surface area contributed by atoms with Gasteiger partial charge in [-0.05, 0) is 18.8 Å². The lowest BCUT2D eigenvalue weighted by molar-refractivity contribution is -0.121. The van der Waals surface area contributed by atoms with Crippen LogP contribution in [0.15, 0.2) is 12.7 Å². The number of allylic oxidation sites excluding steroid dienone is 1. The fraction of sp³-hybridized carbons (Fsp3) is 0.600. The Morgan fingerprint density at radius 3 is 3.08 bits per heavy atom. The van der Waals surface area contributed by atoms with E-state index < -0.39 is 0 Å². The van der Waals surface area contributed by atoms with E-state index in [4.69, 9.17) is 5.26 Å². The third-order valence-electron chi connectivity index (χ3n) is 2.52. The molecule has 2 unspecified atom stereocenters. The molecule has 1 aliphatic carbocycles. The van der Waals surface area contributed by atoms with Gasteiger partial charge >= 0.3 is 0 Å². The van der Waals surface area contributed by atoms with Gasteiger partial charge in [-0.3, -0.25) is 4.79 Å². The molecule has 1 saturated carbocycles. The first kappa shape index (κ1) is 8.99. The molecule has 0 radical (unpaired) electrons. The summed E-state index contributed by atoms with van der Waals surface area (Å²) in [6.45, 7) is 3.62. The molecule has 1 fully saturated rings. The number of nitriles is 1. The Hall–Kier alpha value is -1.10. The van der Waals surface area contributed by atoms with Crippen LogP contribution in [-0.2, 0) is 4.79 Å². The first-order chi connectivity index (χ1) is 5.79. The normalized spacial score (nSPS) is 28.4. The Morgan fingerprint density at radius 2 is 2.50 bits per heavy atom. The van der Waals surface area contributed by atoms with Gasteiger partial charge in [0.15, 0.2) is 0 Å². The average Bonchev–Trinajstić information content (AvgIpc) is 2.37. The van der Waals surface area contributed by atoms with Crippen LogP contribution in [0.2, 0.25) is 0 Å². The molecule has 0 aromatic heterocycles. The van der Waals surface area contributed by atoms with Crippen molar-refractivity contribution >= 4 is 5.78 Å². The molecule has 0 aromatic carbocycles. The summed E-state index contributed by atoms with van der Waals surface area (Å²) in [5.41, 5.74) is 0. The van der Waals surface area contributed by atoms with E-state index in [0.29, 0.717) is 24.5 Å². The SMILES string of the molecule is C=CCC1C(=O)CCC1CC#N. The summed E-state index contributed by atoms with van der Waals surface area (Å²) in [6, 6.07) is 2.13. The minimum absolute atomic E-state index is 0.0853. The zero-order valence-electron chi connectivity index (χ0n) is 7.12. The van der Waals surface area contributed by atoms with Gasteiger partial charge in [0.2, 0.25) is 0 Å². The fourth-order valence-electron chi connectivity index (χ4n) is 1.84. The van der Waals surface area contributed by atoms with Gasteiger partial charge in [-0.15, -0.1) is 6.58 Å². The Kier molecular flexibility index (Phi) is 3.04. The number of nitrogens with zero attached hydrogens (tertiary/aromatic N) is 1. The second kappa shape index (κ2) is 4.06. The molecule has 64 valence electrons. The summed E-state index contributed by atoms with van der Waals surface area (Å²) >= 11 is 0. The fourth-order valence-corrected chi connectivity index (χ4v) is 1.84. The van der Waals surface area contributed by atoms with Crippen molar-refractivity contribution in [2.75, 3.05) is 0 Å². The van der Waals surface area contributed by atoms with Gasteiger partial charge in [0, 0.05) is 18.8 Å². The van der Waals surface area contributed by atoms with Gasteiger partial charge in [0.25, 0.3) is 0 Å². The van der Waals surface area contributed by atoms with Crippen LogP contribution in [0.4, 0.5) is 0 Å². The molecular formula is C10H13NO. The predicted octanol–water partition coefficient (Wildman–Crippen LogP) is 2.07. The van der Waals surface area contributed by atoms with E-state index in [0.717, 1.165) is 12.8 Å². The van der Waals surface area contributed by atoms with Gasteiger partial charge in [0.1, 0.15) is 5.78 Å². The predicted molar refractivity (Wildman–Crippen MR) is 46.3 cm³/mol. The van der Waals surface area contributed by atoms with Crippen LogP contribution in [0.25, 0.3) is 0 Å². The number of Topliss-reactive ketones (excluding diaryl/α,β-unsaturated/α-hetero) is 1.